The van der Waals surface area contributed by atoms with Crippen molar-refractivity contribution >= 4 is 104 Å². The van der Waals surface area contributed by atoms with Crippen LogP contribution in [0, 0.1) is 115 Å². The van der Waals surface area contributed by atoms with Crippen LogP contribution in [0.25, 0.3) is 0 Å². The summed E-state index contributed by atoms with van der Waals surface area (Å²) in [4.78, 5) is 76.0. The molecule has 24 bridgehead atoms. The Kier molecular flexibility index (Phi) is 28.3. The first-order valence-corrected chi connectivity index (χ1v) is 55.5. The zero-order valence-electron chi connectivity index (χ0n) is 83.7. The van der Waals surface area contributed by atoms with Gasteiger partial charge in [-0.3, -0.25) is 28.8 Å². The van der Waals surface area contributed by atoms with E-state index in [4.69, 9.17) is 69.6 Å². The fourth-order valence-corrected chi connectivity index (χ4v) is 38.9. The first-order chi connectivity index (χ1) is 67.0. The van der Waals surface area contributed by atoms with Crippen molar-refractivity contribution in [3.05, 3.63) is 206 Å². The second-order valence-corrected chi connectivity index (χ2v) is 54.2. The molecule has 23 heteroatoms. The number of benzene rings is 6. The van der Waals surface area contributed by atoms with Crippen molar-refractivity contribution in [2.24, 2.45) is 73.9 Å². The third-order valence-electron chi connectivity index (χ3n) is 38.6. The third-order valence-corrected chi connectivity index (χ3v) is 40.5. The molecular weight excluding hydrogens is 1960 g/mol. The molecule has 0 radical (unpaired) electrons. The van der Waals surface area contributed by atoms with E-state index < -0.39 is 67.8 Å². The molecule has 10 atom stereocenters. The Morgan fingerprint density at radius 1 is 0.203 bits per heavy atom. The van der Waals surface area contributed by atoms with Gasteiger partial charge in [-0.25, -0.2) is 48.3 Å². The highest BCUT2D eigenvalue weighted by Crippen LogP contribution is 2.74. The van der Waals surface area contributed by atoms with Crippen LogP contribution in [0.2, 0.25) is 30.1 Å². The van der Waals surface area contributed by atoms with Crippen LogP contribution in [-0.4, -0.2) is 97.1 Å². The third kappa shape index (κ3) is 22.1. The van der Waals surface area contributed by atoms with Gasteiger partial charge in [0.15, 0.2) is 34.7 Å². The number of carbonyl (C=O) groups is 6. The highest BCUT2D eigenvalue weighted by molar-refractivity contribution is 6.36. The number of hydrogen-bond acceptors (Lipinski definition) is 6. The van der Waals surface area contributed by atoms with Crippen LogP contribution in [0.5, 0.6) is 0 Å². The number of Topliss-reactive ketones (excluding diaryl/α,β-unsaturated/α-hetero) is 6. The van der Waals surface area contributed by atoms with Crippen molar-refractivity contribution < 1.29 is 77.1 Å². The van der Waals surface area contributed by atoms with Gasteiger partial charge in [-0.15, -0.1) is 0 Å². The highest BCUT2D eigenvalue weighted by atomic mass is 35.5. The van der Waals surface area contributed by atoms with Crippen LogP contribution < -0.4 is 0 Å². The van der Waals surface area contributed by atoms with Crippen LogP contribution in [0.3, 0.4) is 0 Å². The van der Waals surface area contributed by atoms with Crippen molar-refractivity contribution in [3.8, 4) is 0 Å². The number of ketones is 6. The van der Waals surface area contributed by atoms with E-state index in [1.165, 1.54) is 12.8 Å². The summed E-state index contributed by atoms with van der Waals surface area (Å²) >= 11 is 37.1. The number of aryl methyl sites for hydroxylation is 6. The molecule has 10 unspecified atom stereocenters. The van der Waals surface area contributed by atoms with Crippen LogP contribution in [0.4, 0.5) is 48.3 Å². The Hall–Kier alpha value is -5.69. The van der Waals surface area contributed by atoms with Crippen molar-refractivity contribution in [2.75, 3.05) is 0 Å². The standard InChI is InChI=1S/C20H22ClF3O.3C20H23ClF2O.2C20H24ClFO/c1-13-3-2-4-14(21)16(13)15(25)5-6-17-7-18(22)10-19(23,8-17)12-20(24,9-17)11-18;3*1-13-3-2-4-15(21)17(13)16(24)5-6-18-7-14-8-19(22,10-18)12-20(23,9-14)11-18;2*1-13-3-2-4-16(21)18(13)17(23)5-6-19-8-14-7-15(9-19)11-20(22,10-14)12-19/h2-4H,5-12H2,1H3;3*2-4,14H,5-12H2,1H3;2*2-4,14-15H,5-12H2,1H3. The van der Waals surface area contributed by atoms with Crippen molar-refractivity contribution in [3.63, 3.8) is 0 Å². The van der Waals surface area contributed by atoms with Crippen LogP contribution in [-0.2, 0) is 0 Å². The lowest BCUT2D eigenvalue weighted by Gasteiger charge is -2.63. The summed E-state index contributed by atoms with van der Waals surface area (Å²) in [5.74, 6) is 2.75. The molecule has 6 aromatic rings. The minimum absolute atomic E-state index is 0.00494. The predicted octanol–water partition coefficient (Wildman–Crippen LogP) is 36.0. The second kappa shape index (κ2) is 38.3. The Balaban J connectivity index is 0.000000109. The Bertz CT molecular complexity index is 5340. The summed E-state index contributed by atoms with van der Waals surface area (Å²) < 4.78 is 165. The summed E-state index contributed by atoms with van der Waals surface area (Å²) in [6.45, 7) is 11.3. The van der Waals surface area contributed by atoms with Gasteiger partial charge in [-0.05, 0) is 416 Å². The molecule has 0 spiro atoms. The molecule has 24 aliphatic rings. The van der Waals surface area contributed by atoms with Gasteiger partial charge in [0.1, 0.15) is 62.4 Å². The SMILES string of the molecule is Cc1cccc(Cl)c1C(=O)CCC12CC3(F)CC(F)(CC(F)(C3)C1)C2.Cc1cccc(Cl)c1C(=O)CCC12CC3CC(CC(F)(C3)C1)C2.Cc1cccc(Cl)c1C(=O)CCC12CC3CC(CC(F)(C3)C1)C2.Cc1cccc(Cl)c1C(=O)CCC12CC3CC(F)(CC(F)(C3)C1)C2.Cc1cccc(Cl)c1C(=O)CCC12CC3CC(F)(CC(F)(C3)C1)C2.Cc1cccc(Cl)c1C(=O)CCC12CC3CC(F)(CC(F)(C3)C1)C2. The molecule has 24 fully saturated rings. The van der Waals surface area contributed by atoms with Gasteiger partial charge in [0.25, 0.3) is 0 Å². The van der Waals surface area contributed by atoms with E-state index in [1.54, 1.807) is 42.5 Å². The molecule has 0 amide bonds. The smallest absolute Gasteiger partial charge is 0.164 e. The first-order valence-electron chi connectivity index (χ1n) is 53.2. The molecule has 30 rings (SSSR count). The molecule has 0 aliphatic heterocycles. The number of alkyl halides is 11. The van der Waals surface area contributed by atoms with Gasteiger partial charge in [-0.1, -0.05) is 142 Å². The minimum atomic E-state index is -1.76. The van der Waals surface area contributed by atoms with E-state index in [9.17, 15) is 37.5 Å². The first kappa shape index (κ1) is 106. The predicted molar refractivity (Wildman–Crippen MR) is 546 cm³/mol. The minimum Gasteiger partial charge on any atom is -0.294 e. The van der Waals surface area contributed by atoms with E-state index in [0.29, 0.717) is 235 Å². The monoisotopic (exact) mass is 2090 g/mol. The summed E-state index contributed by atoms with van der Waals surface area (Å²) in [6, 6.07) is 32.7. The van der Waals surface area contributed by atoms with Gasteiger partial charge in [0.2, 0.25) is 0 Å². The molecule has 24 saturated carbocycles. The van der Waals surface area contributed by atoms with Gasteiger partial charge in [0.05, 0.1) is 30.1 Å². The zero-order chi connectivity index (χ0) is 102. The molecule has 0 saturated heterocycles. The van der Waals surface area contributed by atoms with Crippen molar-refractivity contribution in [2.45, 2.75) is 412 Å². The molecule has 143 heavy (non-hydrogen) atoms. The van der Waals surface area contributed by atoms with Gasteiger partial charge in [0, 0.05) is 110 Å². The maximum atomic E-state index is 15.0. The van der Waals surface area contributed by atoms with E-state index >= 15 is 39.5 Å². The summed E-state index contributed by atoms with van der Waals surface area (Å²) in [6.07, 6.45) is 25.6. The fraction of sp³-hybridized carbons (Fsp3) is 0.650. The maximum absolute atomic E-state index is 15.0. The van der Waals surface area contributed by atoms with Crippen LogP contribution in [0.1, 0.15) is 404 Å². The molecule has 0 heterocycles. The largest absolute Gasteiger partial charge is 0.294 e. The average Bonchev–Trinajstić information content (AvgIpc) is 0.680. The summed E-state index contributed by atoms with van der Waals surface area (Å²) in [5.41, 5.74) is -8.15. The Labute approximate surface area is 867 Å². The number of rotatable bonds is 24. The molecule has 774 valence electrons. The van der Waals surface area contributed by atoms with Gasteiger partial charge < -0.3 is 0 Å². The number of carbonyl (C=O) groups excluding carboxylic acids is 6. The Morgan fingerprint density at radius 2 is 0.357 bits per heavy atom. The molecule has 24 aliphatic carbocycles. The highest BCUT2D eigenvalue weighted by Gasteiger charge is 2.72. The van der Waals surface area contributed by atoms with E-state index in [2.05, 4.69) is 0 Å². The average molecular weight is 2100 g/mol. The molecular formula is C120H139Cl6F11O6. The Morgan fingerprint density at radius 3 is 0.538 bits per heavy atom. The van der Waals surface area contributed by atoms with Crippen molar-refractivity contribution in [1.29, 1.82) is 0 Å². The summed E-state index contributed by atoms with van der Waals surface area (Å²) in [5, 5.41) is 2.88. The van der Waals surface area contributed by atoms with Crippen molar-refractivity contribution in [1.82, 2.24) is 0 Å². The molecule has 6 nitrogen and oxygen atoms in total. The lowest BCUT2D eigenvalue weighted by molar-refractivity contribution is -0.218. The molecule has 0 aromatic heterocycles. The lowest BCUT2D eigenvalue weighted by Crippen LogP contribution is -2.65. The normalized spacial score (nSPS) is 39.8. The topological polar surface area (TPSA) is 102 Å². The quantitative estimate of drug-likeness (QED) is 0.0442. The summed E-state index contributed by atoms with van der Waals surface area (Å²) in [7, 11) is 0. The molecule has 0 N–H and O–H groups in total. The number of halogens is 17. The van der Waals surface area contributed by atoms with Gasteiger partial charge >= 0.3 is 0 Å². The number of hydrogen-bond donors (Lipinski definition) is 0. The lowest BCUT2D eigenvalue weighted by atomic mass is 9.45. The van der Waals surface area contributed by atoms with E-state index in [-0.39, 0.29) is 144 Å². The molecule has 6 aromatic carbocycles. The fourth-order valence-electron chi connectivity index (χ4n) is 36.9. The van der Waals surface area contributed by atoms with E-state index in [0.717, 1.165) is 117 Å². The second-order valence-electron chi connectivity index (χ2n) is 51.8. The zero-order valence-corrected chi connectivity index (χ0v) is 88.3. The van der Waals surface area contributed by atoms with Crippen LogP contribution >= 0.6 is 69.6 Å². The van der Waals surface area contributed by atoms with Crippen LogP contribution in [0.15, 0.2) is 109 Å². The maximum Gasteiger partial charge on any atom is 0.164 e. The van der Waals surface area contributed by atoms with Gasteiger partial charge in [-0.2, -0.15) is 0 Å². The van der Waals surface area contributed by atoms with E-state index in [1.807, 2.05) is 108 Å².